The maximum absolute atomic E-state index is 12.3. The van der Waals surface area contributed by atoms with Gasteiger partial charge >= 0.3 is 0 Å². The van der Waals surface area contributed by atoms with E-state index >= 15 is 0 Å². The first-order chi connectivity index (χ1) is 15.3. The van der Waals surface area contributed by atoms with Crippen LogP contribution in [0.4, 0.5) is 0 Å². The molecule has 0 spiro atoms. The van der Waals surface area contributed by atoms with Crippen LogP contribution in [-0.4, -0.2) is 19.2 Å². The van der Waals surface area contributed by atoms with Crippen molar-refractivity contribution in [3.05, 3.63) is 94.0 Å². The Bertz CT molecular complexity index is 1100. The van der Waals surface area contributed by atoms with Crippen molar-refractivity contribution in [1.82, 2.24) is 5.43 Å². The second-order valence-electron chi connectivity index (χ2n) is 8.32. The Morgan fingerprint density at radius 2 is 1.75 bits per heavy atom. The minimum atomic E-state index is -0.270. The standard InChI is InChI=1S/C26H27ClN2O3/c1-26(2,3)21-12-10-19(11-13-21)25(30)29-28-16-18-9-14-23(24(15-18)31-4)32-17-20-7-5-6-8-22(20)27/h5-16H,17H2,1-4H3,(H,29,30)/b28-16-. The summed E-state index contributed by atoms with van der Waals surface area (Å²) in [5.74, 6) is 0.881. The van der Waals surface area contributed by atoms with Gasteiger partial charge in [-0.3, -0.25) is 4.79 Å². The minimum Gasteiger partial charge on any atom is -0.493 e. The highest BCUT2D eigenvalue weighted by Gasteiger charge is 2.14. The Labute approximate surface area is 194 Å². The number of ether oxygens (including phenoxy) is 2. The molecule has 3 rings (SSSR count). The largest absolute Gasteiger partial charge is 0.493 e. The first-order valence-electron chi connectivity index (χ1n) is 10.3. The molecule has 0 aromatic heterocycles. The van der Waals surface area contributed by atoms with Crippen LogP contribution in [0.5, 0.6) is 11.5 Å². The van der Waals surface area contributed by atoms with Gasteiger partial charge in [0.2, 0.25) is 0 Å². The van der Waals surface area contributed by atoms with Crippen molar-refractivity contribution >= 4 is 23.7 Å². The minimum absolute atomic E-state index is 0.0372. The highest BCUT2D eigenvalue weighted by molar-refractivity contribution is 6.31. The molecule has 0 fully saturated rings. The first-order valence-corrected chi connectivity index (χ1v) is 10.6. The summed E-state index contributed by atoms with van der Waals surface area (Å²) in [5, 5.41) is 4.71. The van der Waals surface area contributed by atoms with Gasteiger partial charge in [-0.1, -0.05) is 62.7 Å². The molecule has 0 saturated carbocycles. The fraction of sp³-hybridized carbons (Fsp3) is 0.231. The molecule has 6 heteroatoms. The number of rotatable bonds is 7. The number of halogens is 1. The van der Waals surface area contributed by atoms with E-state index in [1.807, 2.05) is 42.5 Å². The molecule has 0 saturated heterocycles. The quantitative estimate of drug-likeness (QED) is 0.355. The molecule has 32 heavy (non-hydrogen) atoms. The number of hydrogen-bond donors (Lipinski definition) is 1. The van der Waals surface area contributed by atoms with Crippen LogP contribution in [0.3, 0.4) is 0 Å². The molecule has 1 N–H and O–H groups in total. The molecule has 0 aliphatic carbocycles. The zero-order valence-corrected chi connectivity index (χ0v) is 19.4. The molecule has 0 heterocycles. The lowest BCUT2D eigenvalue weighted by molar-refractivity contribution is 0.0955. The van der Waals surface area contributed by atoms with Crippen LogP contribution in [0, 0.1) is 0 Å². The average Bonchev–Trinajstić information content (AvgIpc) is 2.78. The lowest BCUT2D eigenvalue weighted by atomic mass is 9.87. The molecular formula is C26H27ClN2O3. The third kappa shape index (κ3) is 6.11. The van der Waals surface area contributed by atoms with E-state index in [4.69, 9.17) is 21.1 Å². The topological polar surface area (TPSA) is 59.9 Å². The van der Waals surface area contributed by atoms with Crippen LogP contribution in [0.2, 0.25) is 5.02 Å². The number of carbonyl (C=O) groups is 1. The molecular weight excluding hydrogens is 424 g/mol. The van der Waals surface area contributed by atoms with Gasteiger partial charge in [0.05, 0.1) is 13.3 Å². The van der Waals surface area contributed by atoms with Crippen LogP contribution < -0.4 is 14.9 Å². The van der Waals surface area contributed by atoms with Crippen molar-refractivity contribution in [3.63, 3.8) is 0 Å². The lowest BCUT2D eigenvalue weighted by Crippen LogP contribution is -2.18. The van der Waals surface area contributed by atoms with Crippen molar-refractivity contribution in [2.24, 2.45) is 5.10 Å². The molecule has 0 aliphatic rings. The lowest BCUT2D eigenvalue weighted by Gasteiger charge is -2.18. The molecule has 0 radical (unpaired) electrons. The highest BCUT2D eigenvalue weighted by Crippen LogP contribution is 2.29. The third-order valence-electron chi connectivity index (χ3n) is 4.92. The second-order valence-corrected chi connectivity index (χ2v) is 8.72. The van der Waals surface area contributed by atoms with E-state index in [2.05, 4.69) is 31.3 Å². The summed E-state index contributed by atoms with van der Waals surface area (Å²) in [4.78, 5) is 12.3. The number of methoxy groups -OCH3 is 1. The van der Waals surface area contributed by atoms with Gasteiger partial charge < -0.3 is 9.47 Å². The summed E-state index contributed by atoms with van der Waals surface area (Å²) in [6.07, 6.45) is 1.56. The van der Waals surface area contributed by atoms with Crippen LogP contribution in [-0.2, 0) is 12.0 Å². The van der Waals surface area contributed by atoms with E-state index < -0.39 is 0 Å². The van der Waals surface area contributed by atoms with Gasteiger partial charge in [-0.15, -0.1) is 0 Å². The first kappa shape index (κ1) is 23.4. The Kier molecular flexibility index (Phi) is 7.54. The van der Waals surface area contributed by atoms with Crippen molar-refractivity contribution in [3.8, 4) is 11.5 Å². The molecule has 0 unspecified atom stereocenters. The van der Waals surface area contributed by atoms with E-state index in [0.717, 1.165) is 11.1 Å². The zero-order chi connectivity index (χ0) is 23.1. The van der Waals surface area contributed by atoms with Gasteiger partial charge in [-0.05, 0) is 52.9 Å². The molecule has 0 aliphatic heterocycles. The molecule has 5 nitrogen and oxygen atoms in total. The van der Waals surface area contributed by atoms with Gasteiger partial charge in [0.25, 0.3) is 5.91 Å². The number of benzene rings is 3. The number of hydrazone groups is 1. The van der Waals surface area contributed by atoms with Gasteiger partial charge in [0, 0.05) is 16.1 Å². The van der Waals surface area contributed by atoms with Gasteiger partial charge in [-0.2, -0.15) is 5.10 Å². The predicted molar refractivity (Wildman–Crippen MR) is 129 cm³/mol. The van der Waals surface area contributed by atoms with E-state index in [1.54, 1.807) is 37.6 Å². The molecule has 1 amide bonds. The van der Waals surface area contributed by atoms with Crippen molar-refractivity contribution in [1.29, 1.82) is 0 Å². The monoisotopic (exact) mass is 450 g/mol. The maximum atomic E-state index is 12.3. The van der Waals surface area contributed by atoms with E-state index in [9.17, 15) is 4.79 Å². The summed E-state index contributed by atoms with van der Waals surface area (Å²) in [6, 6.07) is 20.5. The summed E-state index contributed by atoms with van der Waals surface area (Å²) in [6.45, 7) is 6.73. The van der Waals surface area contributed by atoms with Crippen LogP contribution in [0.25, 0.3) is 0 Å². The van der Waals surface area contributed by atoms with E-state index in [1.165, 1.54) is 5.56 Å². The van der Waals surface area contributed by atoms with Crippen LogP contribution in [0.1, 0.15) is 47.8 Å². The van der Waals surface area contributed by atoms with Crippen molar-refractivity contribution < 1.29 is 14.3 Å². The Hall–Kier alpha value is -3.31. The number of amides is 1. The van der Waals surface area contributed by atoms with E-state index in [0.29, 0.717) is 28.7 Å². The number of nitrogens with zero attached hydrogens (tertiary/aromatic N) is 1. The molecule has 0 atom stereocenters. The Balaban J connectivity index is 1.62. The van der Waals surface area contributed by atoms with Crippen LogP contribution in [0.15, 0.2) is 71.8 Å². The number of carbonyl (C=O) groups excluding carboxylic acids is 1. The predicted octanol–water partition coefficient (Wildman–Crippen LogP) is 5.99. The Morgan fingerprint density at radius 3 is 2.41 bits per heavy atom. The molecule has 166 valence electrons. The second kappa shape index (κ2) is 10.3. The Morgan fingerprint density at radius 1 is 1.03 bits per heavy atom. The highest BCUT2D eigenvalue weighted by atomic mass is 35.5. The average molecular weight is 451 g/mol. The van der Waals surface area contributed by atoms with Crippen LogP contribution >= 0.6 is 11.6 Å². The van der Waals surface area contributed by atoms with Gasteiger partial charge in [0.1, 0.15) is 6.61 Å². The maximum Gasteiger partial charge on any atom is 0.271 e. The fourth-order valence-corrected chi connectivity index (χ4v) is 3.20. The normalized spacial score (nSPS) is 11.4. The molecule has 3 aromatic carbocycles. The third-order valence-corrected chi connectivity index (χ3v) is 5.29. The van der Waals surface area contributed by atoms with Gasteiger partial charge in [-0.25, -0.2) is 5.43 Å². The number of hydrogen-bond acceptors (Lipinski definition) is 4. The number of nitrogens with one attached hydrogen (secondary N) is 1. The molecule has 3 aromatic rings. The summed E-state index contributed by atoms with van der Waals surface area (Å²) < 4.78 is 11.3. The van der Waals surface area contributed by atoms with Crippen molar-refractivity contribution in [2.75, 3.05) is 7.11 Å². The van der Waals surface area contributed by atoms with Crippen molar-refractivity contribution in [2.45, 2.75) is 32.8 Å². The summed E-state index contributed by atoms with van der Waals surface area (Å²) >= 11 is 6.18. The summed E-state index contributed by atoms with van der Waals surface area (Å²) in [5.41, 5.74) is 5.96. The fourth-order valence-electron chi connectivity index (χ4n) is 3.01. The van der Waals surface area contributed by atoms with Gasteiger partial charge in [0.15, 0.2) is 11.5 Å². The smallest absolute Gasteiger partial charge is 0.271 e. The molecule has 0 bridgehead atoms. The SMILES string of the molecule is COc1cc(/C=N\NC(=O)c2ccc(C(C)(C)C)cc2)ccc1OCc1ccccc1Cl. The zero-order valence-electron chi connectivity index (χ0n) is 18.7. The van der Waals surface area contributed by atoms with E-state index in [-0.39, 0.29) is 11.3 Å². The summed E-state index contributed by atoms with van der Waals surface area (Å²) in [7, 11) is 1.57.